The van der Waals surface area contributed by atoms with Crippen LogP contribution in [-0.2, 0) is 24.8 Å². The maximum Gasteiger partial charge on any atom is 0.238 e. The van der Waals surface area contributed by atoms with E-state index >= 15 is 0 Å². The number of nitrogens with zero attached hydrogens (tertiary/aromatic N) is 4. The third kappa shape index (κ3) is 3.36. The van der Waals surface area contributed by atoms with E-state index in [1.165, 1.54) is 12.1 Å². The van der Waals surface area contributed by atoms with Crippen molar-refractivity contribution >= 4 is 11.6 Å². The largest absolute Gasteiger partial charge is 0.360 e. The molecule has 1 aromatic carbocycles. The number of carbonyl (C=O) groups excluding carboxylic acids is 1. The molecule has 0 saturated carbocycles. The number of benzene rings is 1. The standard InChI is InChI=1S/C18H18FN5O2/c1-23-9-14(8-20-23)21-17(25)11-24-6-5-16-15(10-24)18(22-26-16)12-3-2-4-13(19)7-12/h2-4,7-9H,5-6,10-11H2,1H3,(H,21,25). The number of hydrogen-bond donors (Lipinski definition) is 1. The third-order valence-corrected chi connectivity index (χ3v) is 4.36. The number of rotatable bonds is 4. The fourth-order valence-corrected chi connectivity index (χ4v) is 3.15. The van der Waals surface area contributed by atoms with Crippen LogP contribution in [0.5, 0.6) is 0 Å². The molecule has 3 heterocycles. The van der Waals surface area contributed by atoms with Gasteiger partial charge in [0.1, 0.15) is 17.3 Å². The van der Waals surface area contributed by atoms with Gasteiger partial charge in [-0.15, -0.1) is 0 Å². The van der Waals surface area contributed by atoms with E-state index in [2.05, 4.69) is 15.6 Å². The van der Waals surface area contributed by atoms with E-state index in [4.69, 9.17) is 4.52 Å². The fourth-order valence-electron chi connectivity index (χ4n) is 3.15. The minimum atomic E-state index is -0.317. The Morgan fingerprint density at radius 1 is 1.42 bits per heavy atom. The van der Waals surface area contributed by atoms with Gasteiger partial charge in [-0.2, -0.15) is 5.10 Å². The summed E-state index contributed by atoms with van der Waals surface area (Å²) in [6, 6.07) is 6.28. The maximum absolute atomic E-state index is 13.5. The predicted octanol–water partition coefficient (Wildman–Crippen LogP) is 2.21. The molecule has 4 rings (SSSR count). The van der Waals surface area contributed by atoms with Gasteiger partial charge in [-0.1, -0.05) is 17.3 Å². The summed E-state index contributed by atoms with van der Waals surface area (Å²) in [6.07, 6.45) is 4.01. The Bertz CT molecular complexity index is 949. The number of amides is 1. The van der Waals surface area contributed by atoms with E-state index in [1.54, 1.807) is 36.3 Å². The van der Waals surface area contributed by atoms with Gasteiger partial charge < -0.3 is 9.84 Å². The summed E-state index contributed by atoms with van der Waals surface area (Å²) in [5.41, 5.74) is 2.89. The van der Waals surface area contributed by atoms with Gasteiger partial charge in [0.15, 0.2) is 0 Å². The lowest BCUT2D eigenvalue weighted by atomic mass is 10.0. The molecule has 8 heteroatoms. The van der Waals surface area contributed by atoms with Gasteiger partial charge in [0.2, 0.25) is 5.91 Å². The summed E-state index contributed by atoms with van der Waals surface area (Å²) in [4.78, 5) is 14.3. The molecule has 0 unspecified atom stereocenters. The lowest BCUT2D eigenvalue weighted by Gasteiger charge is -2.25. The van der Waals surface area contributed by atoms with Crippen LogP contribution in [0.2, 0.25) is 0 Å². The summed E-state index contributed by atoms with van der Waals surface area (Å²) >= 11 is 0. The lowest BCUT2D eigenvalue weighted by Crippen LogP contribution is -2.36. The third-order valence-electron chi connectivity index (χ3n) is 4.36. The first-order valence-electron chi connectivity index (χ1n) is 8.33. The van der Waals surface area contributed by atoms with E-state index < -0.39 is 0 Å². The highest BCUT2D eigenvalue weighted by Crippen LogP contribution is 2.30. The van der Waals surface area contributed by atoms with Crippen LogP contribution in [0.1, 0.15) is 11.3 Å². The zero-order valence-electron chi connectivity index (χ0n) is 14.3. The Hall–Kier alpha value is -3.00. The first-order chi connectivity index (χ1) is 12.6. The summed E-state index contributed by atoms with van der Waals surface area (Å²) in [6.45, 7) is 1.48. The number of anilines is 1. The molecular formula is C18H18FN5O2. The SMILES string of the molecule is Cn1cc(NC(=O)CN2CCc3onc(-c4cccc(F)c4)c3C2)cn1. The molecule has 1 aliphatic rings. The van der Waals surface area contributed by atoms with Crippen LogP contribution in [0.15, 0.2) is 41.2 Å². The Morgan fingerprint density at radius 2 is 2.31 bits per heavy atom. The first-order valence-corrected chi connectivity index (χ1v) is 8.33. The molecule has 26 heavy (non-hydrogen) atoms. The molecule has 1 amide bonds. The summed E-state index contributed by atoms with van der Waals surface area (Å²) in [7, 11) is 1.79. The second kappa shape index (κ2) is 6.72. The normalized spacial score (nSPS) is 14.2. The first kappa shape index (κ1) is 16.5. The molecule has 2 aromatic heterocycles. The highest BCUT2D eigenvalue weighted by atomic mass is 19.1. The van der Waals surface area contributed by atoms with E-state index in [1.807, 2.05) is 4.90 Å². The molecule has 1 N–H and O–H groups in total. The Labute approximate surface area is 149 Å². The minimum absolute atomic E-state index is 0.106. The average Bonchev–Trinajstić information content (AvgIpc) is 3.20. The molecule has 134 valence electrons. The molecule has 0 aliphatic carbocycles. The van der Waals surface area contributed by atoms with Crippen molar-refractivity contribution in [2.45, 2.75) is 13.0 Å². The second-order valence-corrected chi connectivity index (χ2v) is 6.35. The molecule has 1 aliphatic heterocycles. The van der Waals surface area contributed by atoms with Crippen LogP contribution in [0.3, 0.4) is 0 Å². The van der Waals surface area contributed by atoms with Gasteiger partial charge in [0, 0.05) is 43.9 Å². The van der Waals surface area contributed by atoms with E-state index in [0.717, 1.165) is 11.3 Å². The van der Waals surface area contributed by atoms with Crippen molar-refractivity contribution in [1.29, 1.82) is 0 Å². The van der Waals surface area contributed by atoms with Gasteiger partial charge in [0.05, 0.1) is 18.4 Å². The molecule has 7 nitrogen and oxygen atoms in total. The smallest absolute Gasteiger partial charge is 0.238 e. The van der Waals surface area contributed by atoms with Crippen LogP contribution in [0, 0.1) is 5.82 Å². The molecule has 0 spiro atoms. The zero-order chi connectivity index (χ0) is 18.1. The molecule has 0 fully saturated rings. The molecule has 0 atom stereocenters. The van der Waals surface area contributed by atoms with Crippen molar-refractivity contribution in [2.75, 3.05) is 18.4 Å². The fraction of sp³-hybridized carbons (Fsp3) is 0.278. The Kier molecular flexibility index (Phi) is 4.26. The average molecular weight is 355 g/mol. The summed E-state index contributed by atoms with van der Waals surface area (Å²) in [5.74, 6) is 0.376. The molecule has 3 aromatic rings. The minimum Gasteiger partial charge on any atom is -0.360 e. The number of carbonyl (C=O) groups is 1. The van der Waals surface area contributed by atoms with Crippen LogP contribution in [-0.4, -0.2) is 38.8 Å². The van der Waals surface area contributed by atoms with Crippen molar-refractivity contribution in [2.24, 2.45) is 7.05 Å². The number of hydrogen-bond acceptors (Lipinski definition) is 5. The van der Waals surface area contributed by atoms with Crippen molar-refractivity contribution in [3.63, 3.8) is 0 Å². The van der Waals surface area contributed by atoms with E-state index in [9.17, 15) is 9.18 Å². The number of aromatic nitrogens is 3. The summed E-state index contributed by atoms with van der Waals surface area (Å²) < 4.78 is 20.6. The van der Waals surface area contributed by atoms with Crippen LogP contribution < -0.4 is 5.32 Å². The summed E-state index contributed by atoms with van der Waals surface area (Å²) in [5, 5.41) is 11.0. The molecule has 0 radical (unpaired) electrons. The second-order valence-electron chi connectivity index (χ2n) is 6.35. The predicted molar refractivity (Wildman–Crippen MR) is 92.7 cm³/mol. The Morgan fingerprint density at radius 3 is 3.08 bits per heavy atom. The number of aryl methyl sites for hydroxylation is 1. The quantitative estimate of drug-likeness (QED) is 0.777. The van der Waals surface area contributed by atoms with Crippen molar-refractivity contribution < 1.29 is 13.7 Å². The van der Waals surface area contributed by atoms with E-state index in [-0.39, 0.29) is 18.3 Å². The molecule has 0 bridgehead atoms. The number of halogens is 1. The zero-order valence-corrected chi connectivity index (χ0v) is 14.3. The van der Waals surface area contributed by atoms with E-state index in [0.29, 0.717) is 36.5 Å². The van der Waals surface area contributed by atoms with Gasteiger partial charge in [-0.25, -0.2) is 4.39 Å². The molecular weight excluding hydrogens is 337 g/mol. The van der Waals surface area contributed by atoms with Crippen molar-refractivity contribution in [1.82, 2.24) is 19.8 Å². The van der Waals surface area contributed by atoms with Gasteiger partial charge in [0.25, 0.3) is 0 Å². The Balaban J connectivity index is 1.47. The van der Waals surface area contributed by atoms with Gasteiger partial charge in [-0.05, 0) is 12.1 Å². The van der Waals surface area contributed by atoms with Gasteiger partial charge >= 0.3 is 0 Å². The lowest BCUT2D eigenvalue weighted by molar-refractivity contribution is -0.117. The van der Waals surface area contributed by atoms with Crippen molar-refractivity contribution in [3.05, 3.63) is 53.8 Å². The van der Waals surface area contributed by atoms with Crippen LogP contribution >= 0.6 is 0 Å². The highest BCUT2D eigenvalue weighted by Gasteiger charge is 2.26. The number of nitrogens with one attached hydrogen (secondary N) is 1. The molecule has 0 saturated heterocycles. The van der Waals surface area contributed by atoms with Crippen LogP contribution in [0.4, 0.5) is 10.1 Å². The number of fused-ring (bicyclic) bond motifs is 1. The van der Waals surface area contributed by atoms with Gasteiger partial charge in [-0.3, -0.25) is 14.4 Å². The van der Waals surface area contributed by atoms with Crippen LogP contribution in [0.25, 0.3) is 11.3 Å². The highest BCUT2D eigenvalue weighted by molar-refractivity contribution is 5.92. The maximum atomic E-state index is 13.5. The monoisotopic (exact) mass is 355 g/mol. The topological polar surface area (TPSA) is 76.2 Å². The van der Waals surface area contributed by atoms with Crippen molar-refractivity contribution in [3.8, 4) is 11.3 Å².